The fourth-order valence-electron chi connectivity index (χ4n) is 10.3. The highest BCUT2D eigenvalue weighted by atomic mass is 127. The molecule has 0 amide bonds. The van der Waals surface area contributed by atoms with Crippen LogP contribution in [0.1, 0.15) is 33.4 Å². The van der Waals surface area contributed by atoms with E-state index in [-0.39, 0.29) is 0 Å². The van der Waals surface area contributed by atoms with E-state index in [0.717, 1.165) is 108 Å². The van der Waals surface area contributed by atoms with Gasteiger partial charge in [-0.2, -0.15) is 31.6 Å². The van der Waals surface area contributed by atoms with Gasteiger partial charge < -0.3 is 0 Å². The summed E-state index contributed by atoms with van der Waals surface area (Å²) >= 11 is 14.2. The Kier molecular flexibility index (Phi) is 10.5. The number of hydrogen-bond donors (Lipinski definition) is 0. The molecule has 0 N–H and O–H groups in total. The van der Waals surface area contributed by atoms with Crippen LogP contribution in [-0.2, 0) is 0 Å². The third-order valence-corrected chi connectivity index (χ3v) is 20.1. The van der Waals surface area contributed by atoms with Crippen LogP contribution in [0.15, 0.2) is 97.1 Å². The number of nitriles is 6. The molecule has 0 aromatic heterocycles. The summed E-state index contributed by atoms with van der Waals surface area (Å²) in [6, 6.07) is 46.8. The molecule has 68 heavy (non-hydrogen) atoms. The number of rotatable bonds is 0. The number of nitrogens with zero attached hydrogens (tertiary/aromatic N) is 6. The van der Waals surface area contributed by atoms with Gasteiger partial charge in [0.2, 0.25) is 0 Å². The van der Waals surface area contributed by atoms with Crippen molar-refractivity contribution in [2.24, 2.45) is 0 Å². The lowest BCUT2D eigenvalue weighted by molar-refractivity contribution is 1.50. The van der Waals surface area contributed by atoms with E-state index in [1.807, 2.05) is 66.7 Å². The first-order valence-electron chi connectivity index (χ1n) is 20.5. The van der Waals surface area contributed by atoms with Gasteiger partial charge in [-0.1, -0.05) is 24.3 Å². The highest BCUT2D eigenvalue weighted by Crippen LogP contribution is 2.47. The zero-order valence-electron chi connectivity index (χ0n) is 34.2. The van der Waals surface area contributed by atoms with Crippen LogP contribution in [0, 0.1) is 89.4 Å². The minimum atomic E-state index is 0.438. The van der Waals surface area contributed by atoms with Gasteiger partial charge in [-0.3, -0.25) is 0 Å². The first kappa shape index (κ1) is 44.1. The third-order valence-electron chi connectivity index (χ3n) is 13.4. The second-order valence-electron chi connectivity index (χ2n) is 16.5. The first-order valence-corrected chi connectivity index (χ1v) is 27.0. The van der Waals surface area contributed by atoms with Crippen molar-refractivity contribution in [1.82, 2.24) is 0 Å². The van der Waals surface area contributed by atoms with Crippen LogP contribution in [0.2, 0.25) is 0 Å². The molecule has 0 radical (unpaired) electrons. The van der Waals surface area contributed by atoms with E-state index < -0.39 is 0 Å². The molecular formula is C56H16I6N6. The van der Waals surface area contributed by atoms with Gasteiger partial charge in [0.15, 0.2) is 0 Å². The largest absolute Gasteiger partial charge is 0.192 e. The lowest BCUT2D eigenvalue weighted by Gasteiger charge is -2.18. The van der Waals surface area contributed by atoms with Crippen LogP contribution in [0.25, 0.3) is 118 Å². The maximum atomic E-state index is 11.1. The van der Waals surface area contributed by atoms with Crippen LogP contribution in [0.3, 0.4) is 0 Å². The van der Waals surface area contributed by atoms with Crippen LogP contribution in [0.5, 0.6) is 0 Å². The molecule has 0 heterocycles. The molecule has 0 saturated heterocycles. The summed E-state index contributed by atoms with van der Waals surface area (Å²) in [6.07, 6.45) is 0. The molecular weight excluding hydrogens is 1520 g/mol. The Morgan fingerprint density at radius 3 is 0.794 bits per heavy atom. The van der Waals surface area contributed by atoms with Gasteiger partial charge in [0.1, 0.15) is 30.3 Å². The molecule has 0 unspecified atom stereocenters. The minimum Gasteiger partial charge on any atom is -0.192 e. The van der Waals surface area contributed by atoms with E-state index in [4.69, 9.17) is 0 Å². The molecule has 312 valence electrons. The highest BCUT2D eigenvalue weighted by Gasteiger charge is 2.24. The van der Waals surface area contributed by atoms with E-state index in [1.54, 1.807) is 0 Å². The summed E-state index contributed by atoms with van der Waals surface area (Å²) in [5, 5.41) is 82.6. The Morgan fingerprint density at radius 1 is 0.235 bits per heavy atom. The Morgan fingerprint density at radius 2 is 0.485 bits per heavy atom. The van der Waals surface area contributed by atoms with Gasteiger partial charge in [0.25, 0.3) is 0 Å². The summed E-state index contributed by atoms with van der Waals surface area (Å²) in [7, 11) is 0. The van der Waals surface area contributed by atoms with Crippen LogP contribution in [0.4, 0.5) is 0 Å². The molecule has 6 nitrogen and oxygen atoms in total. The van der Waals surface area contributed by atoms with E-state index in [2.05, 4.69) is 202 Å². The Labute approximate surface area is 467 Å². The fourth-order valence-corrected chi connectivity index (χ4v) is 15.4. The van der Waals surface area contributed by atoms with Gasteiger partial charge in [0.05, 0.1) is 39.4 Å². The SMILES string of the molecule is N#Cc1ccc(I)c2cc3c(I)c4cc5c(I)c6cc7c(I)c8cc9c(I)c%10cc%11c(I)c%12ccccc%12c(C#N)c%11cc%10c(C#N)c9cc8c(C#N)c7cc6c(C#N)c5cc4c(C#N)c3cc12. The molecule has 12 heteroatoms. The van der Waals surface area contributed by atoms with Gasteiger partial charge in [-0.25, -0.2) is 0 Å². The third kappa shape index (κ3) is 5.98. The summed E-state index contributed by atoms with van der Waals surface area (Å²) in [5.74, 6) is 0. The first-order chi connectivity index (χ1) is 33.0. The second kappa shape index (κ2) is 16.2. The lowest BCUT2D eigenvalue weighted by Crippen LogP contribution is -1.97. The number of hydrogen-bond acceptors (Lipinski definition) is 6. The van der Waals surface area contributed by atoms with Crippen molar-refractivity contribution >= 4 is 254 Å². The summed E-state index contributed by atoms with van der Waals surface area (Å²) < 4.78 is 5.87. The number of fused-ring (bicyclic) bond motifs is 11. The average Bonchev–Trinajstić information content (AvgIpc) is 3.36. The van der Waals surface area contributed by atoms with E-state index in [0.29, 0.717) is 65.7 Å². The van der Waals surface area contributed by atoms with Crippen molar-refractivity contribution in [1.29, 1.82) is 31.6 Å². The summed E-state index contributed by atoms with van der Waals surface area (Å²) in [6.45, 7) is 0. The molecule has 0 bridgehead atoms. The average molecular weight is 1530 g/mol. The molecule has 12 aromatic rings. The number of benzene rings is 12. The molecule has 0 atom stereocenters. The van der Waals surface area contributed by atoms with Crippen molar-refractivity contribution in [2.45, 2.75) is 0 Å². The van der Waals surface area contributed by atoms with Crippen molar-refractivity contribution in [3.63, 3.8) is 0 Å². The van der Waals surface area contributed by atoms with Crippen LogP contribution in [-0.4, -0.2) is 0 Å². The van der Waals surface area contributed by atoms with E-state index in [9.17, 15) is 31.6 Å². The molecule has 0 fully saturated rings. The summed E-state index contributed by atoms with van der Waals surface area (Å²) in [5.41, 5.74) is 2.92. The molecule has 0 saturated carbocycles. The molecule has 12 aromatic carbocycles. The standard InChI is InChI=1S/C56H16I6N6/c57-51-6-5-23(17-63)26-7-27-37(12-36(26)51)53(59)40-14-41-31(9-30(40)47(27)19-65)49(21-67)34-11-35-45(16-44(34)55(41)61)56(62)43-15-42-32(10-33(43)50(35)22-68)48(20-66)29-8-28-38(13-39(29)54(42)60)52(58)25-4-2-1-3-24(25)46(28)18-64/h1-16H. The fraction of sp³-hybridized carbons (Fsp3) is 0. The topological polar surface area (TPSA) is 143 Å². The van der Waals surface area contributed by atoms with E-state index in [1.165, 1.54) is 0 Å². The predicted octanol–water partition coefficient (Wildman–Crippen LogP) is 17.2. The number of halogens is 6. The van der Waals surface area contributed by atoms with E-state index >= 15 is 0 Å². The van der Waals surface area contributed by atoms with Crippen molar-refractivity contribution in [3.8, 4) is 36.4 Å². The van der Waals surface area contributed by atoms with Gasteiger partial charge in [0, 0.05) is 80.7 Å². The second-order valence-corrected chi connectivity index (χ2v) is 23.0. The van der Waals surface area contributed by atoms with Crippen LogP contribution < -0.4 is 0 Å². The molecule has 0 spiro atoms. The molecule has 0 aliphatic carbocycles. The maximum absolute atomic E-state index is 11.1. The van der Waals surface area contributed by atoms with Crippen molar-refractivity contribution < 1.29 is 0 Å². The molecule has 0 aliphatic heterocycles. The Bertz CT molecular complexity index is 4830. The van der Waals surface area contributed by atoms with Gasteiger partial charge in [-0.15, -0.1) is 0 Å². The zero-order chi connectivity index (χ0) is 47.2. The van der Waals surface area contributed by atoms with Crippen LogP contribution >= 0.6 is 136 Å². The quantitative estimate of drug-likeness (QED) is 0.109. The van der Waals surface area contributed by atoms with Crippen molar-refractivity contribution in [3.05, 3.63) is 152 Å². The van der Waals surface area contributed by atoms with Crippen molar-refractivity contribution in [2.75, 3.05) is 0 Å². The molecule has 12 rings (SSSR count). The Balaban J connectivity index is 1.17. The monoisotopic (exact) mass is 1530 g/mol. The Hall–Kier alpha value is -5.18. The van der Waals surface area contributed by atoms with Gasteiger partial charge >= 0.3 is 0 Å². The predicted molar refractivity (Wildman–Crippen MR) is 324 cm³/mol. The highest BCUT2D eigenvalue weighted by molar-refractivity contribution is 14.1. The zero-order valence-corrected chi connectivity index (χ0v) is 47.1. The maximum Gasteiger partial charge on any atom is 0.100 e. The molecule has 0 aliphatic rings. The lowest BCUT2D eigenvalue weighted by atomic mass is 9.87. The van der Waals surface area contributed by atoms with Gasteiger partial charge in [-0.05, 0) is 268 Å². The smallest absolute Gasteiger partial charge is 0.100 e. The summed E-state index contributed by atoms with van der Waals surface area (Å²) in [4.78, 5) is 0. The minimum absolute atomic E-state index is 0.438. The normalized spacial score (nSPS) is 11.6.